The fourth-order valence-electron chi connectivity index (χ4n) is 4.02. The summed E-state index contributed by atoms with van der Waals surface area (Å²) < 4.78 is 0. The molecule has 0 aromatic heterocycles. The molecule has 0 heterocycles. The predicted octanol–water partition coefficient (Wildman–Crippen LogP) is 0.920. The number of aliphatic hydroxyl groups is 1. The molecule has 0 radical (unpaired) electrons. The van der Waals surface area contributed by atoms with E-state index in [1.165, 1.54) is 19.3 Å². The summed E-state index contributed by atoms with van der Waals surface area (Å²) in [5, 5.41) is 11.8. The van der Waals surface area contributed by atoms with Crippen LogP contribution in [0.3, 0.4) is 0 Å². The summed E-state index contributed by atoms with van der Waals surface area (Å²) >= 11 is 0. The number of nitrogens with one attached hydrogen (secondary N) is 1. The molecule has 4 atom stereocenters. The van der Waals surface area contributed by atoms with Crippen molar-refractivity contribution in [2.24, 2.45) is 23.7 Å². The summed E-state index contributed by atoms with van der Waals surface area (Å²) in [6.45, 7) is 0.121. The summed E-state index contributed by atoms with van der Waals surface area (Å²) in [4.78, 5) is 11.5. The molecule has 3 nitrogen and oxygen atoms in total. The Kier molecular flexibility index (Phi) is 2.23. The zero-order valence-electron chi connectivity index (χ0n) is 8.98. The van der Waals surface area contributed by atoms with E-state index in [1.54, 1.807) is 0 Å². The topological polar surface area (TPSA) is 49.3 Å². The zero-order valence-corrected chi connectivity index (χ0v) is 8.98. The van der Waals surface area contributed by atoms with Crippen LogP contribution in [-0.2, 0) is 4.79 Å². The van der Waals surface area contributed by atoms with Gasteiger partial charge in [-0.2, -0.15) is 0 Å². The Bertz CT molecular complexity index is 263. The van der Waals surface area contributed by atoms with E-state index in [4.69, 9.17) is 5.11 Å². The van der Waals surface area contributed by atoms with E-state index in [9.17, 15) is 4.79 Å². The van der Waals surface area contributed by atoms with Gasteiger partial charge in [0.2, 0.25) is 5.91 Å². The molecular formula is C12H19NO2. The Labute approximate surface area is 90.2 Å². The monoisotopic (exact) mass is 209 g/mol. The van der Waals surface area contributed by atoms with Crippen molar-refractivity contribution in [2.45, 2.75) is 38.1 Å². The summed E-state index contributed by atoms with van der Waals surface area (Å²) in [6, 6.07) is 0.502. The minimum absolute atomic E-state index is 0.121. The number of aliphatic hydroxyl groups excluding tert-OH is 1. The fourth-order valence-corrected chi connectivity index (χ4v) is 4.02. The van der Waals surface area contributed by atoms with Crippen LogP contribution in [0.2, 0.25) is 0 Å². The normalized spacial score (nSPS) is 45.3. The van der Waals surface area contributed by atoms with E-state index in [-0.39, 0.29) is 12.5 Å². The molecule has 3 fully saturated rings. The fraction of sp³-hybridized carbons (Fsp3) is 0.917. The highest BCUT2D eigenvalue weighted by Crippen LogP contribution is 2.65. The summed E-state index contributed by atoms with van der Waals surface area (Å²) in [7, 11) is 0. The van der Waals surface area contributed by atoms with Gasteiger partial charge in [-0.05, 0) is 49.4 Å². The Morgan fingerprint density at radius 2 is 1.93 bits per heavy atom. The largest absolute Gasteiger partial charge is 0.396 e. The van der Waals surface area contributed by atoms with Gasteiger partial charge in [-0.25, -0.2) is 0 Å². The average molecular weight is 209 g/mol. The first-order valence-electron chi connectivity index (χ1n) is 6.21. The SMILES string of the molecule is O=C(CCCO)NC1C2C3CCC(C3)C12. The van der Waals surface area contributed by atoms with Crippen LogP contribution < -0.4 is 5.32 Å². The maximum atomic E-state index is 11.5. The predicted molar refractivity (Wildman–Crippen MR) is 56.1 cm³/mol. The highest BCUT2D eigenvalue weighted by Gasteiger charge is 2.65. The molecule has 15 heavy (non-hydrogen) atoms. The van der Waals surface area contributed by atoms with Gasteiger partial charge < -0.3 is 10.4 Å². The van der Waals surface area contributed by atoms with E-state index in [1.807, 2.05) is 0 Å². The third kappa shape index (κ3) is 1.48. The molecule has 2 N–H and O–H groups in total. The molecular weight excluding hydrogens is 190 g/mol. The summed E-state index contributed by atoms with van der Waals surface area (Å²) in [5.41, 5.74) is 0. The van der Waals surface area contributed by atoms with Crippen LogP contribution in [0.1, 0.15) is 32.1 Å². The zero-order chi connectivity index (χ0) is 10.4. The van der Waals surface area contributed by atoms with Gasteiger partial charge in [-0.1, -0.05) is 0 Å². The second-order valence-corrected chi connectivity index (χ2v) is 5.41. The van der Waals surface area contributed by atoms with Crippen LogP contribution in [0.25, 0.3) is 0 Å². The molecule has 3 aliphatic rings. The van der Waals surface area contributed by atoms with E-state index < -0.39 is 0 Å². The highest BCUT2D eigenvalue weighted by atomic mass is 16.3. The Balaban J connectivity index is 1.49. The van der Waals surface area contributed by atoms with E-state index in [0.717, 1.165) is 23.7 Å². The number of carbonyl (C=O) groups is 1. The van der Waals surface area contributed by atoms with Gasteiger partial charge in [-0.3, -0.25) is 4.79 Å². The molecule has 0 aliphatic heterocycles. The number of amides is 1. The molecule has 0 saturated heterocycles. The van der Waals surface area contributed by atoms with Crippen LogP contribution in [0.5, 0.6) is 0 Å². The average Bonchev–Trinajstić information content (AvgIpc) is 2.65. The standard InChI is InChI=1S/C12H19NO2/c14-5-1-2-9(15)13-12-10-7-3-4-8(6-7)11(10)12/h7-8,10-12,14H,1-6H2,(H,13,15). The maximum absolute atomic E-state index is 11.5. The minimum atomic E-state index is 0.121. The molecule has 2 bridgehead atoms. The molecule has 3 saturated carbocycles. The summed E-state index contributed by atoms with van der Waals surface area (Å²) in [5.74, 6) is 3.62. The Hall–Kier alpha value is -0.570. The number of hydrogen-bond acceptors (Lipinski definition) is 2. The minimum Gasteiger partial charge on any atom is -0.396 e. The lowest BCUT2D eigenvalue weighted by Crippen LogP contribution is -2.29. The van der Waals surface area contributed by atoms with Gasteiger partial charge in [0, 0.05) is 19.1 Å². The van der Waals surface area contributed by atoms with Gasteiger partial charge in [0.05, 0.1) is 0 Å². The lowest BCUT2D eigenvalue weighted by Gasteiger charge is -2.10. The van der Waals surface area contributed by atoms with Crippen molar-refractivity contribution in [1.82, 2.24) is 5.32 Å². The van der Waals surface area contributed by atoms with Crippen molar-refractivity contribution in [2.75, 3.05) is 6.61 Å². The van der Waals surface area contributed by atoms with Crippen molar-refractivity contribution in [3.63, 3.8) is 0 Å². The van der Waals surface area contributed by atoms with Crippen LogP contribution in [-0.4, -0.2) is 23.7 Å². The van der Waals surface area contributed by atoms with Crippen molar-refractivity contribution in [3.8, 4) is 0 Å². The molecule has 0 aromatic rings. The van der Waals surface area contributed by atoms with Crippen LogP contribution >= 0.6 is 0 Å². The third-order valence-electron chi connectivity index (χ3n) is 4.62. The van der Waals surface area contributed by atoms with Crippen molar-refractivity contribution in [3.05, 3.63) is 0 Å². The first-order chi connectivity index (χ1) is 7.31. The van der Waals surface area contributed by atoms with E-state index in [2.05, 4.69) is 5.32 Å². The summed E-state index contributed by atoms with van der Waals surface area (Å²) in [6.07, 6.45) is 5.31. The smallest absolute Gasteiger partial charge is 0.220 e. The van der Waals surface area contributed by atoms with Gasteiger partial charge in [-0.15, -0.1) is 0 Å². The number of hydrogen-bond donors (Lipinski definition) is 2. The molecule has 84 valence electrons. The highest BCUT2D eigenvalue weighted by molar-refractivity contribution is 5.76. The van der Waals surface area contributed by atoms with Crippen LogP contribution in [0.15, 0.2) is 0 Å². The maximum Gasteiger partial charge on any atom is 0.220 e. The second-order valence-electron chi connectivity index (χ2n) is 5.41. The molecule has 0 spiro atoms. The lowest BCUT2D eigenvalue weighted by molar-refractivity contribution is -0.121. The number of carbonyl (C=O) groups excluding carboxylic acids is 1. The third-order valence-corrected chi connectivity index (χ3v) is 4.62. The molecule has 3 heteroatoms. The van der Waals surface area contributed by atoms with E-state index >= 15 is 0 Å². The Morgan fingerprint density at radius 1 is 1.27 bits per heavy atom. The van der Waals surface area contributed by atoms with Gasteiger partial charge in [0.15, 0.2) is 0 Å². The second kappa shape index (κ2) is 3.48. The molecule has 4 unspecified atom stereocenters. The van der Waals surface area contributed by atoms with Gasteiger partial charge >= 0.3 is 0 Å². The Morgan fingerprint density at radius 3 is 2.53 bits per heavy atom. The first kappa shape index (κ1) is 9.64. The van der Waals surface area contributed by atoms with Crippen LogP contribution in [0.4, 0.5) is 0 Å². The lowest BCUT2D eigenvalue weighted by atomic mass is 10.0. The molecule has 1 amide bonds. The van der Waals surface area contributed by atoms with Crippen molar-refractivity contribution < 1.29 is 9.90 Å². The van der Waals surface area contributed by atoms with Crippen LogP contribution in [0, 0.1) is 23.7 Å². The molecule has 3 aliphatic carbocycles. The van der Waals surface area contributed by atoms with Crippen molar-refractivity contribution >= 4 is 5.91 Å². The first-order valence-corrected chi connectivity index (χ1v) is 6.21. The number of fused-ring (bicyclic) bond motifs is 5. The quantitative estimate of drug-likeness (QED) is 0.723. The van der Waals surface area contributed by atoms with Crippen molar-refractivity contribution in [1.29, 1.82) is 0 Å². The molecule has 0 aromatic carbocycles. The molecule has 3 rings (SSSR count). The number of rotatable bonds is 4. The van der Waals surface area contributed by atoms with Gasteiger partial charge in [0.25, 0.3) is 0 Å². The van der Waals surface area contributed by atoms with E-state index in [0.29, 0.717) is 18.9 Å². The van der Waals surface area contributed by atoms with Gasteiger partial charge in [0.1, 0.15) is 0 Å².